The lowest BCUT2D eigenvalue weighted by Gasteiger charge is -2.33. The summed E-state index contributed by atoms with van der Waals surface area (Å²) in [4.78, 5) is 28.8. The molecule has 0 aliphatic heterocycles. The Hall–Kier alpha value is -2.78. The number of sulfonamides is 1. The molecule has 1 atom stereocenters. The number of hydrogen-bond acceptors (Lipinski definition) is 4. The summed E-state index contributed by atoms with van der Waals surface area (Å²) >= 11 is 18.6. The summed E-state index contributed by atoms with van der Waals surface area (Å²) in [6.45, 7) is 5.60. The van der Waals surface area contributed by atoms with Crippen molar-refractivity contribution in [1.29, 1.82) is 0 Å². The van der Waals surface area contributed by atoms with Gasteiger partial charge in [-0.1, -0.05) is 84.9 Å². The molecule has 7 nitrogen and oxygen atoms in total. The number of nitrogens with zero attached hydrogens (tertiary/aromatic N) is 2. The van der Waals surface area contributed by atoms with E-state index in [0.29, 0.717) is 33.6 Å². The number of carbonyl (C=O) groups is 2. The van der Waals surface area contributed by atoms with E-state index in [-0.39, 0.29) is 23.0 Å². The van der Waals surface area contributed by atoms with Crippen molar-refractivity contribution in [2.75, 3.05) is 17.4 Å². The number of rotatable bonds is 13. The van der Waals surface area contributed by atoms with E-state index in [9.17, 15) is 18.0 Å². The molecule has 0 spiro atoms. The van der Waals surface area contributed by atoms with Crippen LogP contribution in [0, 0.1) is 6.92 Å². The van der Waals surface area contributed by atoms with Crippen molar-refractivity contribution < 1.29 is 18.0 Å². The molecule has 41 heavy (non-hydrogen) atoms. The van der Waals surface area contributed by atoms with Crippen LogP contribution in [0.5, 0.6) is 0 Å². The van der Waals surface area contributed by atoms with E-state index < -0.39 is 28.5 Å². The predicted octanol–water partition coefficient (Wildman–Crippen LogP) is 6.87. The zero-order valence-electron chi connectivity index (χ0n) is 23.2. The number of amides is 2. The molecule has 11 heteroatoms. The third kappa shape index (κ3) is 8.61. The van der Waals surface area contributed by atoms with Gasteiger partial charge in [-0.25, -0.2) is 8.42 Å². The molecule has 0 radical (unpaired) electrons. The Balaban J connectivity index is 2.05. The molecule has 0 fully saturated rings. The van der Waals surface area contributed by atoms with Crippen molar-refractivity contribution in [3.05, 3.63) is 92.9 Å². The molecule has 2 amide bonds. The maximum absolute atomic E-state index is 14.1. The van der Waals surface area contributed by atoms with E-state index in [4.69, 9.17) is 34.8 Å². The Bertz CT molecular complexity index is 1470. The molecule has 0 unspecified atom stereocenters. The third-order valence-corrected chi connectivity index (χ3v) is 9.30. The van der Waals surface area contributed by atoms with Crippen LogP contribution in [0.3, 0.4) is 0 Å². The number of carbonyl (C=O) groups excluding carboxylic acids is 2. The van der Waals surface area contributed by atoms with Crippen molar-refractivity contribution in [3.8, 4) is 0 Å². The molecular weight excluding hydrogens is 605 g/mol. The van der Waals surface area contributed by atoms with Crippen molar-refractivity contribution >= 4 is 62.3 Å². The Kier molecular flexibility index (Phi) is 11.9. The van der Waals surface area contributed by atoms with E-state index in [0.717, 1.165) is 22.7 Å². The van der Waals surface area contributed by atoms with E-state index in [2.05, 4.69) is 5.32 Å². The van der Waals surface area contributed by atoms with E-state index in [1.165, 1.54) is 23.1 Å². The van der Waals surface area contributed by atoms with Gasteiger partial charge in [-0.05, 0) is 67.8 Å². The number of halogens is 3. The van der Waals surface area contributed by atoms with Crippen molar-refractivity contribution in [1.82, 2.24) is 10.2 Å². The summed E-state index contributed by atoms with van der Waals surface area (Å²) in [7, 11) is -4.18. The highest BCUT2D eigenvalue weighted by molar-refractivity contribution is 7.92. The summed E-state index contributed by atoms with van der Waals surface area (Å²) in [6.07, 6.45) is 2.00. The molecule has 1 N–H and O–H groups in total. The minimum Gasteiger partial charge on any atom is -0.354 e. The smallest absolute Gasteiger partial charge is 0.264 e. The summed E-state index contributed by atoms with van der Waals surface area (Å²) < 4.78 is 28.8. The van der Waals surface area contributed by atoms with Gasteiger partial charge in [0.1, 0.15) is 12.6 Å². The second kappa shape index (κ2) is 14.9. The van der Waals surface area contributed by atoms with Gasteiger partial charge < -0.3 is 10.2 Å². The van der Waals surface area contributed by atoms with Gasteiger partial charge in [-0.2, -0.15) is 0 Å². The number of nitrogens with one attached hydrogen (secondary N) is 1. The lowest BCUT2D eigenvalue weighted by Crippen LogP contribution is -2.52. The molecule has 0 aromatic heterocycles. The number of benzene rings is 3. The summed E-state index contributed by atoms with van der Waals surface area (Å²) in [6, 6.07) is 16.8. The Morgan fingerprint density at radius 1 is 0.927 bits per heavy atom. The van der Waals surface area contributed by atoms with Gasteiger partial charge in [0.25, 0.3) is 10.0 Å². The summed E-state index contributed by atoms with van der Waals surface area (Å²) in [5.74, 6) is -0.880. The van der Waals surface area contributed by atoms with Gasteiger partial charge in [-0.3, -0.25) is 13.9 Å². The fraction of sp³-hybridized carbons (Fsp3) is 0.333. The molecule has 3 rings (SSSR count). The van der Waals surface area contributed by atoms with Gasteiger partial charge in [0.05, 0.1) is 20.6 Å². The van der Waals surface area contributed by atoms with Crippen LogP contribution in [0.1, 0.15) is 44.2 Å². The van der Waals surface area contributed by atoms with Gasteiger partial charge >= 0.3 is 0 Å². The molecule has 0 aliphatic carbocycles. The first kappa shape index (κ1) is 32.7. The second-order valence-corrected chi connectivity index (χ2v) is 12.8. The van der Waals surface area contributed by atoms with Crippen molar-refractivity contribution in [3.63, 3.8) is 0 Å². The second-order valence-electron chi connectivity index (χ2n) is 9.64. The van der Waals surface area contributed by atoms with Crippen molar-refractivity contribution in [2.24, 2.45) is 0 Å². The first-order valence-electron chi connectivity index (χ1n) is 13.3. The lowest BCUT2D eigenvalue weighted by molar-refractivity contribution is -0.140. The Labute approximate surface area is 257 Å². The Morgan fingerprint density at radius 3 is 2.24 bits per heavy atom. The summed E-state index contributed by atoms with van der Waals surface area (Å²) in [5.41, 5.74) is 1.76. The molecule has 3 aromatic carbocycles. The van der Waals surface area contributed by atoms with Crippen LogP contribution < -0.4 is 9.62 Å². The SMILES string of the molecule is CCCCNC(=O)[C@@H](CC)N(Cc1ccc(Cl)c(Cl)c1)C(=O)CN(c1cccc(Cl)c1)S(=O)(=O)c1ccc(C)cc1. The van der Waals surface area contributed by atoms with Gasteiger partial charge in [-0.15, -0.1) is 0 Å². The molecular formula is C30H34Cl3N3O4S. The molecule has 220 valence electrons. The quantitative estimate of drug-likeness (QED) is 0.207. The highest BCUT2D eigenvalue weighted by Crippen LogP contribution is 2.28. The standard InChI is InChI=1S/C30H34Cl3N3O4S/c1-4-6-16-34-30(38)28(5-2)35(19-22-12-15-26(32)27(33)17-22)29(37)20-36(24-9-7-8-23(31)18-24)41(39,40)25-13-10-21(3)11-14-25/h7-15,17-18,28H,4-6,16,19-20H2,1-3H3,(H,34,38)/t28-/m1/s1. The molecule has 0 aliphatic rings. The number of anilines is 1. The van der Waals surface area contributed by atoms with E-state index in [1.54, 1.807) is 55.5 Å². The molecule has 3 aromatic rings. The predicted molar refractivity (Wildman–Crippen MR) is 166 cm³/mol. The fourth-order valence-corrected chi connectivity index (χ4v) is 6.17. The zero-order valence-corrected chi connectivity index (χ0v) is 26.3. The zero-order chi connectivity index (χ0) is 30.2. The molecule has 0 saturated carbocycles. The molecule has 0 bridgehead atoms. The largest absolute Gasteiger partial charge is 0.354 e. The van der Waals surface area contributed by atoms with Crippen LogP contribution in [0.2, 0.25) is 15.1 Å². The average Bonchev–Trinajstić information content (AvgIpc) is 2.93. The normalized spacial score (nSPS) is 12.0. The van der Waals surface area contributed by atoms with E-state index in [1.807, 2.05) is 13.8 Å². The topological polar surface area (TPSA) is 86.8 Å². The average molecular weight is 639 g/mol. The monoisotopic (exact) mass is 637 g/mol. The van der Waals surface area contributed by atoms with E-state index >= 15 is 0 Å². The summed E-state index contributed by atoms with van der Waals surface area (Å²) in [5, 5.41) is 3.87. The van der Waals surface area contributed by atoms with Crippen LogP contribution >= 0.6 is 34.8 Å². The number of aryl methyl sites for hydroxylation is 1. The minimum atomic E-state index is -4.18. The van der Waals surface area contributed by atoms with Crippen LogP contribution in [0.25, 0.3) is 0 Å². The van der Waals surface area contributed by atoms with Gasteiger partial charge in [0.15, 0.2) is 0 Å². The molecule has 0 heterocycles. The highest BCUT2D eigenvalue weighted by atomic mass is 35.5. The Morgan fingerprint density at radius 2 is 1.63 bits per heavy atom. The van der Waals surface area contributed by atoms with Crippen LogP contribution in [-0.4, -0.2) is 44.3 Å². The highest BCUT2D eigenvalue weighted by Gasteiger charge is 2.33. The lowest BCUT2D eigenvalue weighted by atomic mass is 10.1. The van der Waals surface area contributed by atoms with Gasteiger partial charge in [0, 0.05) is 18.1 Å². The maximum atomic E-state index is 14.1. The molecule has 0 saturated heterocycles. The fourth-order valence-electron chi connectivity index (χ4n) is 4.26. The number of hydrogen-bond donors (Lipinski definition) is 1. The first-order valence-corrected chi connectivity index (χ1v) is 15.9. The number of unbranched alkanes of at least 4 members (excludes halogenated alkanes) is 1. The van der Waals surface area contributed by atoms with Crippen LogP contribution in [-0.2, 0) is 26.2 Å². The first-order chi connectivity index (χ1) is 19.5. The van der Waals surface area contributed by atoms with Crippen LogP contribution in [0.15, 0.2) is 71.6 Å². The maximum Gasteiger partial charge on any atom is 0.264 e. The third-order valence-electron chi connectivity index (χ3n) is 6.54. The van der Waals surface area contributed by atoms with Crippen LogP contribution in [0.4, 0.5) is 5.69 Å². The minimum absolute atomic E-state index is 0.0173. The van der Waals surface area contributed by atoms with Crippen molar-refractivity contribution in [2.45, 2.75) is 57.5 Å². The van der Waals surface area contributed by atoms with Gasteiger partial charge in [0.2, 0.25) is 11.8 Å².